The Balaban J connectivity index is 1.70. The van der Waals surface area contributed by atoms with Crippen molar-refractivity contribution < 1.29 is 9.52 Å². The van der Waals surface area contributed by atoms with Crippen molar-refractivity contribution in [2.75, 3.05) is 0 Å². The molecule has 0 amide bonds. The molecule has 3 nitrogen and oxygen atoms in total. The van der Waals surface area contributed by atoms with Crippen molar-refractivity contribution in [3.63, 3.8) is 0 Å². The minimum absolute atomic E-state index is 0.0792. The van der Waals surface area contributed by atoms with Crippen LogP contribution in [0.3, 0.4) is 0 Å². The van der Waals surface area contributed by atoms with Crippen LogP contribution >= 0.6 is 0 Å². The number of hydrogen-bond acceptors (Lipinski definition) is 3. The molecule has 22 heavy (non-hydrogen) atoms. The van der Waals surface area contributed by atoms with Gasteiger partial charge >= 0.3 is 0 Å². The summed E-state index contributed by atoms with van der Waals surface area (Å²) in [6, 6.07) is 14.2. The lowest BCUT2D eigenvalue weighted by molar-refractivity contribution is 0.281. The lowest BCUT2D eigenvalue weighted by Gasteiger charge is -2.05. The Morgan fingerprint density at radius 3 is 2.64 bits per heavy atom. The molecule has 0 saturated carbocycles. The maximum absolute atomic E-state index is 9.17. The summed E-state index contributed by atoms with van der Waals surface area (Å²) in [4.78, 5) is 0. The quantitative estimate of drug-likeness (QED) is 0.752. The molecule has 3 aromatic rings. The fraction of sp³-hybridized carbons (Fsp3) is 0.263. The molecule has 2 N–H and O–H groups in total. The van der Waals surface area contributed by atoms with Gasteiger partial charge in [0.25, 0.3) is 0 Å². The number of nitrogens with one attached hydrogen (secondary N) is 1. The van der Waals surface area contributed by atoms with Crippen LogP contribution in [0.15, 0.2) is 46.9 Å². The van der Waals surface area contributed by atoms with Gasteiger partial charge in [0.05, 0.1) is 13.2 Å². The van der Waals surface area contributed by atoms with Gasteiger partial charge < -0.3 is 14.8 Å². The summed E-state index contributed by atoms with van der Waals surface area (Å²) >= 11 is 0. The standard InChI is InChI=1S/C19H21NO2/c1-13-6-7-18-17(8-13)14(2)19(22-18)11-20-10-15-4-3-5-16(9-15)12-21/h3-9,20-21H,10-12H2,1-2H3. The van der Waals surface area contributed by atoms with Gasteiger partial charge in [-0.25, -0.2) is 0 Å². The third kappa shape index (κ3) is 3.06. The van der Waals surface area contributed by atoms with Crippen LogP contribution in [0.1, 0.15) is 28.0 Å². The van der Waals surface area contributed by atoms with Crippen LogP contribution in [0.4, 0.5) is 0 Å². The van der Waals surface area contributed by atoms with Gasteiger partial charge in [-0.15, -0.1) is 0 Å². The second-order valence-corrected chi connectivity index (χ2v) is 5.73. The molecule has 3 rings (SSSR count). The van der Waals surface area contributed by atoms with E-state index in [9.17, 15) is 0 Å². The van der Waals surface area contributed by atoms with Crippen molar-refractivity contribution in [1.82, 2.24) is 5.32 Å². The molecule has 0 aliphatic rings. The van der Waals surface area contributed by atoms with Crippen LogP contribution in [0, 0.1) is 13.8 Å². The van der Waals surface area contributed by atoms with E-state index >= 15 is 0 Å². The molecule has 0 atom stereocenters. The molecular weight excluding hydrogens is 274 g/mol. The average molecular weight is 295 g/mol. The zero-order valence-electron chi connectivity index (χ0n) is 13.0. The summed E-state index contributed by atoms with van der Waals surface area (Å²) in [6.45, 7) is 5.73. The van der Waals surface area contributed by atoms with Crippen molar-refractivity contribution in [2.24, 2.45) is 0 Å². The minimum atomic E-state index is 0.0792. The Labute approximate surface area is 130 Å². The Morgan fingerprint density at radius 1 is 1.00 bits per heavy atom. The molecule has 114 valence electrons. The smallest absolute Gasteiger partial charge is 0.134 e. The fourth-order valence-electron chi connectivity index (χ4n) is 2.71. The van der Waals surface area contributed by atoms with E-state index in [0.29, 0.717) is 6.54 Å². The van der Waals surface area contributed by atoms with E-state index in [4.69, 9.17) is 9.52 Å². The molecule has 3 heteroatoms. The predicted octanol–water partition coefficient (Wildman–Crippen LogP) is 3.83. The number of aliphatic hydroxyl groups excluding tert-OH is 1. The van der Waals surface area contributed by atoms with Crippen LogP contribution in [0.5, 0.6) is 0 Å². The maximum Gasteiger partial charge on any atom is 0.134 e. The zero-order chi connectivity index (χ0) is 15.5. The summed E-state index contributed by atoms with van der Waals surface area (Å²) in [5, 5.41) is 13.8. The first-order valence-electron chi connectivity index (χ1n) is 7.55. The van der Waals surface area contributed by atoms with Crippen LogP contribution in [0.2, 0.25) is 0 Å². The highest BCUT2D eigenvalue weighted by Gasteiger charge is 2.10. The molecule has 0 saturated heterocycles. The van der Waals surface area contributed by atoms with Crippen LogP contribution in [-0.4, -0.2) is 5.11 Å². The molecule has 2 aromatic carbocycles. The highest BCUT2D eigenvalue weighted by molar-refractivity contribution is 5.82. The fourth-order valence-corrected chi connectivity index (χ4v) is 2.71. The summed E-state index contributed by atoms with van der Waals surface area (Å²) in [6.07, 6.45) is 0. The number of rotatable bonds is 5. The van der Waals surface area contributed by atoms with Gasteiger partial charge in [0.15, 0.2) is 0 Å². The van der Waals surface area contributed by atoms with Gasteiger partial charge in [-0.3, -0.25) is 0 Å². The van der Waals surface area contributed by atoms with Gasteiger partial charge in [-0.1, -0.05) is 35.9 Å². The van der Waals surface area contributed by atoms with E-state index in [2.05, 4.69) is 37.4 Å². The molecular formula is C19H21NO2. The van der Waals surface area contributed by atoms with Crippen molar-refractivity contribution in [1.29, 1.82) is 0 Å². The molecule has 0 radical (unpaired) electrons. The van der Waals surface area contributed by atoms with E-state index in [1.54, 1.807) is 0 Å². The molecule has 0 fully saturated rings. The topological polar surface area (TPSA) is 45.4 Å². The van der Waals surface area contributed by atoms with Gasteiger partial charge in [-0.05, 0) is 42.7 Å². The highest BCUT2D eigenvalue weighted by atomic mass is 16.3. The number of benzene rings is 2. The Hall–Kier alpha value is -2.10. The number of fused-ring (bicyclic) bond motifs is 1. The highest BCUT2D eigenvalue weighted by Crippen LogP contribution is 2.26. The maximum atomic E-state index is 9.17. The van der Waals surface area contributed by atoms with Crippen molar-refractivity contribution >= 4 is 11.0 Å². The van der Waals surface area contributed by atoms with Crippen molar-refractivity contribution in [3.05, 3.63) is 70.5 Å². The molecule has 0 spiro atoms. The van der Waals surface area contributed by atoms with E-state index in [1.165, 1.54) is 16.5 Å². The largest absolute Gasteiger partial charge is 0.459 e. The normalized spacial score (nSPS) is 11.2. The predicted molar refractivity (Wildman–Crippen MR) is 88.6 cm³/mol. The molecule has 1 heterocycles. The number of aliphatic hydroxyl groups is 1. The van der Waals surface area contributed by atoms with E-state index in [0.717, 1.165) is 29.0 Å². The molecule has 0 bridgehead atoms. The Bertz CT molecular complexity index is 789. The SMILES string of the molecule is Cc1ccc2oc(CNCc3cccc(CO)c3)c(C)c2c1. The molecule has 1 aromatic heterocycles. The zero-order valence-corrected chi connectivity index (χ0v) is 13.0. The second-order valence-electron chi connectivity index (χ2n) is 5.73. The van der Waals surface area contributed by atoms with Crippen molar-refractivity contribution in [3.8, 4) is 0 Å². The van der Waals surface area contributed by atoms with Crippen LogP contribution in [-0.2, 0) is 19.7 Å². The lowest BCUT2D eigenvalue weighted by Crippen LogP contribution is -2.12. The van der Waals surface area contributed by atoms with Gasteiger partial charge in [0.2, 0.25) is 0 Å². The molecule has 0 aliphatic heterocycles. The Morgan fingerprint density at radius 2 is 1.82 bits per heavy atom. The monoisotopic (exact) mass is 295 g/mol. The first-order chi connectivity index (χ1) is 10.7. The van der Waals surface area contributed by atoms with Crippen LogP contribution in [0.25, 0.3) is 11.0 Å². The minimum Gasteiger partial charge on any atom is -0.459 e. The van der Waals surface area contributed by atoms with E-state index in [1.807, 2.05) is 24.3 Å². The van der Waals surface area contributed by atoms with Crippen molar-refractivity contribution in [2.45, 2.75) is 33.5 Å². The lowest BCUT2D eigenvalue weighted by atomic mass is 10.1. The number of hydrogen-bond donors (Lipinski definition) is 2. The molecule has 0 unspecified atom stereocenters. The summed E-state index contributed by atoms with van der Waals surface area (Å²) in [7, 11) is 0. The number of aryl methyl sites for hydroxylation is 2. The Kier molecular flexibility index (Phi) is 4.27. The van der Waals surface area contributed by atoms with Crippen LogP contribution < -0.4 is 5.32 Å². The van der Waals surface area contributed by atoms with E-state index < -0.39 is 0 Å². The van der Waals surface area contributed by atoms with Gasteiger partial charge in [0, 0.05) is 11.9 Å². The first kappa shape index (κ1) is 14.8. The van der Waals surface area contributed by atoms with E-state index in [-0.39, 0.29) is 6.61 Å². The first-order valence-corrected chi connectivity index (χ1v) is 7.55. The summed E-state index contributed by atoms with van der Waals surface area (Å²) in [5.41, 5.74) is 5.50. The summed E-state index contributed by atoms with van der Waals surface area (Å²) in [5.74, 6) is 0.985. The summed E-state index contributed by atoms with van der Waals surface area (Å²) < 4.78 is 5.93. The molecule has 0 aliphatic carbocycles. The number of furan rings is 1. The average Bonchev–Trinajstić information content (AvgIpc) is 2.84. The second kappa shape index (κ2) is 6.34. The third-order valence-corrected chi connectivity index (χ3v) is 3.98. The van der Waals surface area contributed by atoms with Gasteiger partial charge in [0.1, 0.15) is 11.3 Å². The third-order valence-electron chi connectivity index (χ3n) is 3.98. The van der Waals surface area contributed by atoms with Gasteiger partial charge in [-0.2, -0.15) is 0 Å².